The highest BCUT2D eigenvalue weighted by Gasteiger charge is 2.12. The molecule has 0 aromatic carbocycles. The van der Waals surface area contributed by atoms with Gasteiger partial charge in [-0.1, -0.05) is 19.3 Å². The van der Waals surface area contributed by atoms with Gasteiger partial charge in [0, 0.05) is 6.04 Å². The fourth-order valence-electron chi connectivity index (χ4n) is 1.86. The van der Waals surface area contributed by atoms with Crippen molar-refractivity contribution in [3.63, 3.8) is 0 Å². The summed E-state index contributed by atoms with van der Waals surface area (Å²) < 4.78 is 20.3. The van der Waals surface area contributed by atoms with Crippen LogP contribution in [0, 0.1) is 5.82 Å². The lowest BCUT2D eigenvalue weighted by Gasteiger charge is -2.23. The maximum absolute atomic E-state index is 12.7. The Kier molecular flexibility index (Phi) is 2.58. The molecule has 0 bridgehead atoms. The van der Waals surface area contributed by atoms with E-state index in [0.717, 1.165) is 19.0 Å². The molecule has 1 aromatic heterocycles. The minimum absolute atomic E-state index is 0.139. The normalized spacial score (nSPS) is 19.1. The minimum Gasteiger partial charge on any atom is -0.367 e. The summed E-state index contributed by atoms with van der Waals surface area (Å²) in [5.41, 5.74) is 0. The SMILES string of the molecule is [2H]c1cc(F)cnc1NC1CCCCC1. The monoisotopic (exact) mass is 195 g/mol. The van der Waals surface area contributed by atoms with Crippen molar-refractivity contribution < 1.29 is 5.76 Å². The zero-order valence-corrected chi connectivity index (χ0v) is 8.09. The van der Waals surface area contributed by atoms with Crippen LogP contribution in [0.15, 0.2) is 18.3 Å². The topological polar surface area (TPSA) is 24.9 Å². The Balaban J connectivity index is 2.03. The second kappa shape index (κ2) is 4.40. The van der Waals surface area contributed by atoms with Crippen LogP contribution in [0.2, 0.25) is 0 Å². The van der Waals surface area contributed by atoms with Gasteiger partial charge in [-0.15, -0.1) is 0 Å². The zero-order valence-electron chi connectivity index (χ0n) is 9.09. The Labute approximate surface area is 85.0 Å². The van der Waals surface area contributed by atoms with Crippen LogP contribution in [0.1, 0.15) is 33.5 Å². The van der Waals surface area contributed by atoms with Crippen LogP contribution in [0.5, 0.6) is 0 Å². The number of hydrogen-bond acceptors (Lipinski definition) is 2. The summed E-state index contributed by atoms with van der Waals surface area (Å²) in [6.45, 7) is 0. The van der Waals surface area contributed by atoms with Gasteiger partial charge >= 0.3 is 0 Å². The second-order valence-electron chi connectivity index (χ2n) is 3.76. The number of aromatic nitrogens is 1. The molecule has 1 fully saturated rings. The average molecular weight is 195 g/mol. The largest absolute Gasteiger partial charge is 0.367 e. The molecule has 1 N–H and O–H groups in total. The quantitative estimate of drug-likeness (QED) is 0.784. The smallest absolute Gasteiger partial charge is 0.141 e. The van der Waals surface area contributed by atoms with Crippen molar-refractivity contribution in [3.05, 3.63) is 24.1 Å². The molecule has 76 valence electrons. The molecule has 0 aliphatic heterocycles. The lowest BCUT2D eigenvalue weighted by atomic mass is 9.95. The first-order chi connectivity index (χ1) is 7.25. The molecule has 14 heavy (non-hydrogen) atoms. The lowest BCUT2D eigenvalue weighted by molar-refractivity contribution is 0.461. The predicted octanol–water partition coefficient (Wildman–Crippen LogP) is 2.97. The Morgan fingerprint density at radius 3 is 2.93 bits per heavy atom. The maximum atomic E-state index is 12.7. The number of nitrogens with zero attached hydrogens (tertiary/aromatic N) is 1. The summed E-state index contributed by atoms with van der Waals surface area (Å²) in [7, 11) is 0. The number of anilines is 1. The molecule has 0 spiro atoms. The minimum atomic E-state index is -0.450. The summed E-state index contributed by atoms with van der Waals surface area (Å²) >= 11 is 0. The average Bonchev–Trinajstić information content (AvgIpc) is 2.24. The molecule has 3 heteroatoms. The highest BCUT2D eigenvalue weighted by molar-refractivity contribution is 5.34. The van der Waals surface area contributed by atoms with Gasteiger partial charge in [0.15, 0.2) is 0 Å². The molecule has 0 saturated heterocycles. The predicted molar refractivity (Wildman–Crippen MR) is 54.7 cm³/mol. The fourth-order valence-corrected chi connectivity index (χ4v) is 1.86. The summed E-state index contributed by atoms with van der Waals surface area (Å²) in [5.74, 6) is 0.0532. The van der Waals surface area contributed by atoms with E-state index in [-0.39, 0.29) is 6.04 Å². The summed E-state index contributed by atoms with van der Waals surface area (Å²) in [4.78, 5) is 3.90. The van der Waals surface area contributed by atoms with E-state index in [9.17, 15) is 4.39 Å². The van der Waals surface area contributed by atoms with E-state index in [4.69, 9.17) is 1.37 Å². The zero-order chi connectivity index (χ0) is 10.7. The van der Waals surface area contributed by atoms with Gasteiger partial charge in [-0.2, -0.15) is 0 Å². The molecule has 0 amide bonds. The molecular weight excluding hydrogens is 179 g/mol. The van der Waals surface area contributed by atoms with Gasteiger partial charge in [0.05, 0.1) is 7.57 Å². The first-order valence-corrected chi connectivity index (χ1v) is 5.14. The number of nitrogens with one attached hydrogen (secondary N) is 1. The molecule has 1 aromatic rings. The van der Waals surface area contributed by atoms with Crippen molar-refractivity contribution in [2.45, 2.75) is 38.1 Å². The Morgan fingerprint density at radius 1 is 1.43 bits per heavy atom. The van der Waals surface area contributed by atoms with Crippen LogP contribution in [-0.4, -0.2) is 11.0 Å². The molecule has 1 aliphatic carbocycles. The van der Waals surface area contributed by atoms with Crippen LogP contribution in [0.25, 0.3) is 0 Å². The highest BCUT2D eigenvalue weighted by Crippen LogP contribution is 2.20. The summed E-state index contributed by atoms with van der Waals surface area (Å²) in [6, 6.07) is 1.74. The second-order valence-corrected chi connectivity index (χ2v) is 3.76. The van der Waals surface area contributed by atoms with Crippen LogP contribution >= 0.6 is 0 Å². The molecular formula is C11H15FN2. The van der Waals surface area contributed by atoms with Crippen molar-refractivity contribution in [1.29, 1.82) is 0 Å². The van der Waals surface area contributed by atoms with Gasteiger partial charge in [-0.3, -0.25) is 0 Å². The molecule has 0 radical (unpaired) electrons. The molecule has 1 aliphatic rings. The summed E-state index contributed by atoms with van der Waals surface area (Å²) in [5, 5.41) is 3.21. The molecule has 1 saturated carbocycles. The third-order valence-electron chi connectivity index (χ3n) is 2.61. The number of pyridine rings is 1. The van der Waals surface area contributed by atoms with E-state index in [0.29, 0.717) is 11.9 Å². The van der Waals surface area contributed by atoms with E-state index in [1.54, 1.807) is 0 Å². The van der Waals surface area contributed by atoms with E-state index in [2.05, 4.69) is 10.3 Å². The van der Waals surface area contributed by atoms with Crippen molar-refractivity contribution >= 4 is 5.82 Å². The van der Waals surface area contributed by atoms with Crippen LogP contribution in [0.3, 0.4) is 0 Å². The van der Waals surface area contributed by atoms with Gasteiger partial charge < -0.3 is 5.32 Å². The van der Waals surface area contributed by atoms with Crippen molar-refractivity contribution in [2.24, 2.45) is 0 Å². The third-order valence-corrected chi connectivity index (χ3v) is 2.61. The molecule has 1 heterocycles. The van der Waals surface area contributed by atoms with Gasteiger partial charge in [0.1, 0.15) is 11.6 Å². The summed E-state index contributed by atoms with van der Waals surface area (Å²) in [6.07, 6.45) is 7.15. The van der Waals surface area contributed by atoms with Gasteiger partial charge in [-0.25, -0.2) is 9.37 Å². The Bertz CT molecular complexity index is 337. The molecule has 2 nitrogen and oxygen atoms in total. The third kappa shape index (κ3) is 2.44. The molecule has 0 atom stereocenters. The number of rotatable bonds is 2. The maximum Gasteiger partial charge on any atom is 0.141 e. The van der Waals surface area contributed by atoms with Crippen molar-refractivity contribution in [3.8, 4) is 0 Å². The highest BCUT2D eigenvalue weighted by atomic mass is 19.1. The number of hydrogen-bond donors (Lipinski definition) is 1. The van der Waals surface area contributed by atoms with E-state index < -0.39 is 5.82 Å². The van der Waals surface area contributed by atoms with Crippen molar-refractivity contribution in [2.75, 3.05) is 5.32 Å². The van der Waals surface area contributed by atoms with Crippen LogP contribution < -0.4 is 5.32 Å². The standard InChI is InChI=1S/C11H15FN2/c12-9-6-7-11(13-8-9)14-10-4-2-1-3-5-10/h6-8,10H,1-5H2,(H,13,14)/i7D. The molecule has 2 rings (SSSR count). The lowest BCUT2D eigenvalue weighted by Crippen LogP contribution is -2.22. The van der Waals surface area contributed by atoms with E-state index in [1.165, 1.54) is 25.3 Å². The first-order valence-electron chi connectivity index (χ1n) is 5.64. The number of halogens is 1. The Morgan fingerprint density at radius 2 is 2.21 bits per heavy atom. The Hall–Kier alpha value is -1.12. The van der Waals surface area contributed by atoms with Crippen LogP contribution in [-0.2, 0) is 0 Å². The van der Waals surface area contributed by atoms with E-state index in [1.807, 2.05) is 0 Å². The van der Waals surface area contributed by atoms with Crippen LogP contribution in [0.4, 0.5) is 10.2 Å². The van der Waals surface area contributed by atoms with Gasteiger partial charge in [-0.05, 0) is 25.0 Å². The van der Waals surface area contributed by atoms with E-state index >= 15 is 0 Å². The van der Waals surface area contributed by atoms with Gasteiger partial charge in [0.2, 0.25) is 0 Å². The van der Waals surface area contributed by atoms with Gasteiger partial charge in [0.25, 0.3) is 0 Å². The van der Waals surface area contributed by atoms with Crippen molar-refractivity contribution in [1.82, 2.24) is 4.98 Å². The first kappa shape index (κ1) is 8.21. The fraction of sp³-hybridized carbons (Fsp3) is 0.545. The molecule has 0 unspecified atom stereocenters.